The highest BCUT2D eigenvalue weighted by molar-refractivity contribution is 7.89. The third-order valence-electron chi connectivity index (χ3n) is 1.55. The number of hydrogen-bond acceptors (Lipinski definition) is 4. The molecule has 0 atom stereocenters. The van der Waals surface area contributed by atoms with Gasteiger partial charge < -0.3 is 0 Å². The van der Waals surface area contributed by atoms with Crippen molar-refractivity contribution in [2.75, 3.05) is 80.0 Å². The lowest BCUT2D eigenvalue weighted by atomic mass is 11.9. The molecule has 128 valence electrons. The number of rotatable bonds is 4. The Labute approximate surface area is 134 Å². The standard InChI is InChI=1S/C12H36N4P5/c1-17(2,3)13-21(14-18(4,5)6,15-19(7,8)9)16-20(10,11)12/h1-12H3/q+1. The van der Waals surface area contributed by atoms with Crippen molar-refractivity contribution in [2.45, 2.75) is 0 Å². The second kappa shape index (κ2) is 7.08. The molecule has 0 radical (unpaired) electrons. The molecule has 21 heavy (non-hydrogen) atoms. The molecule has 0 aliphatic heterocycles. The first-order valence-electron chi connectivity index (χ1n) is 6.97. The molecule has 0 saturated carbocycles. The molecule has 0 rings (SSSR count). The summed E-state index contributed by atoms with van der Waals surface area (Å²) in [4.78, 5) is 0. The predicted octanol–water partition coefficient (Wildman–Crippen LogP) is 7.03. The summed E-state index contributed by atoms with van der Waals surface area (Å²) in [7, 11) is -7.68. The molecule has 0 spiro atoms. The summed E-state index contributed by atoms with van der Waals surface area (Å²) in [5.41, 5.74) is 0. The minimum atomic E-state index is -2.28. The Kier molecular flexibility index (Phi) is 7.53. The molecule has 0 saturated heterocycles. The van der Waals surface area contributed by atoms with E-state index in [0.717, 1.165) is 0 Å². The van der Waals surface area contributed by atoms with E-state index < -0.39 is 36.1 Å². The molecule has 0 aliphatic carbocycles. The third-order valence-corrected chi connectivity index (χ3v) is 14.0. The highest BCUT2D eigenvalue weighted by Gasteiger charge is 2.43. The van der Waals surface area contributed by atoms with Crippen LogP contribution in [-0.2, 0) is 0 Å². The molecular formula is C12H36N4P5+. The average Bonchev–Trinajstić information content (AvgIpc) is 1.83. The van der Waals surface area contributed by atoms with Crippen LogP contribution in [0.3, 0.4) is 0 Å². The summed E-state index contributed by atoms with van der Waals surface area (Å²) in [6.07, 6.45) is 0. The van der Waals surface area contributed by atoms with E-state index in [9.17, 15) is 0 Å². The fourth-order valence-electron chi connectivity index (χ4n) is 1.55. The van der Waals surface area contributed by atoms with Crippen molar-refractivity contribution in [3.8, 4) is 0 Å². The zero-order valence-corrected chi connectivity index (χ0v) is 20.5. The van der Waals surface area contributed by atoms with Gasteiger partial charge in [0.25, 0.3) is 0 Å². The molecular weight excluding hydrogens is 355 g/mol. The fourth-order valence-corrected chi connectivity index (χ4v) is 15.9. The van der Waals surface area contributed by atoms with Gasteiger partial charge in [0.05, 0.1) is 0 Å². The fraction of sp³-hybridized carbons (Fsp3) is 1.00. The quantitative estimate of drug-likeness (QED) is 0.462. The Hall–Kier alpha value is 1.35. The SMILES string of the molecule is CP(C)(C)=N[P+](N=P(C)(C)C)(N=P(C)(C)C)N=P(C)(C)C. The van der Waals surface area contributed by atoms with Crippen molar-refractivity contribution in [3.63, 3.8) is 0 Å². The van der Waals surface area contributed by atoms with Crippen LogP contribution in [0.4, 0.5) is 0 Å². The van der Waals surface area contributed by atoms with Gasteiger partial charge in [0.2, 0.25) is 0 Å². The minimum absolute atomic E-state index is 1.35. The molecule has 0 bridgehead atoms. The van der Waals surface area contributed by atoms with Crippen molar-refractivity contribution < 1.29 is 0 Å². The first-order chi connectivity index (χ1) is 8.83. The summed E-state index contributed by atoms with van der Waals surface area (Å²) < 4.78 is 20.8. The molecule has 0 aromatic heterocycles. The van der Waals surface area contributed by atoms with Gasteiger partial charge in [-0.05, 0) is 80.0 Å². The van der Waals surface area contributed by atoms with E-state index in [1.165, 1.54) is 0 Å². The second-order valence-electron chi connectivity index (χ2n) is 8.66. The molecule has 0 fully saturated rings. The Morgan fingerprint density at radius 2 is 0.524 bits per heavy atom. The maximum absolute atomic E-state index is 5.20. The van der Waals surface area contributed by atoms with Crippen molar-refractivity contribution in [1.29, 1.82) is 0 Å². The van der Waals surface area contributed by atoms with Crippen LogP contribution in [-0.4, -0.2) is 80.0 Å². The van der Waals surface area contributed by atoms with E-state index in [0.29, 0.717) is 0 Å². The first kappa shape index (κ1) is 22.4. The van der Waals surface area contributed by atoms with Crippen molar-refractivity contribution in [1.82, 2.24) is 0 Å². The van der Waals surface area contributed by atoms with Crippen LogP contribution < -0.4 is 0 Å². The highest BCUT2D eigenvalue weighted by Crippen LogP contribution is 2.80. The summed E-state index contributed by atoms with van der Waals surface area (Å²) in [6, 6.07) is 0. The van der Waals surface area contributed by atoms with Crippen LogP contribution in [0.1, 0.15) is 0 Å². The molecule has 0 heterocycles. The number of hydrogen-bond donors (Lipinski definition) is 0. The van der Waals surface area contributed by atoms with Crippen LogP contribution in [0.2, 0.25) is 0 Å². The minimum Gasteiger partial charge on any atom is -0.0751 e. The average molecular weight is 391 g/mol. The molecule has 0 aliphatic rings. The van der Waals surface area contributed by atoms with Crippen LogP contribution >= 0.6 is 36.1 Å². The third kappa shape index (κ3) is 12.4. The van der Waals surface area contributed by atoms with E-state index in [1.54, 1.807) is 0 Å². The van der Waals surface area contributed by atoms with Gasteiger partial charge in [0, 0.05) is 28.2 Å². The molecule has 0 amide bonds. The Morgan fingerprint density at radius 1 is 0.381 bits per heavy atom. The second-order valence-corrected chi connectivity index (χ2v) is 28.1. The smallest absolute Gasteiger partial charge is 0.0751 e. The van der Waals surface area contributed by atoms with E-state index in [4.69, 9.17) is 18.1 Å². The van der Waals surface area contributed by atoms with Gasteiger partial charge in [-0.3, -0.25) is 0 Å². The van der Waals surface area contributed by atoms with Gasteiger partial charge in [-0.25, -0.2) is 0 Å². The summed E-state index contributed by atoms with van der Waals surface area (Å²) >= 11 is 0. The normalized spacial score (nSPS) is 14.7. The van der Waals surface area contributed by atoms with Gasteiger partial charge in [0.1, 0.15) is 0 Å². The van der Waals surface area contributed by atoms with Crippen LogP contribution in [0.15, 0.2) is 18.1 Å². The highest BCUT2D eigenvalue weighted by atomic mass is 31.3. The maximum atomic E-state index is 5.20. The Morgan fingerprint density at radius 3 is 0.619 bits per heavy atom. The van der Waals surface area contributed by atoms with Gasteiger partial charge >= 0.3 is 7.87 Å². The van der Waals surface area contributed by atoms with Crippen LogP contribution in [0.25, 0.3) is 0 Å². The molecule has 0 unspecified atom stereocenters. The van der Waals surface area contributed by atoms with E-state index in [2.05, 4.69) is 80.0 Å². The van der Waals surface area contributed by atoms with E-state index in [1.807, 2.05) is 0 Å². The molecule has 0 aromatic rings. The van der Waals surface area contributed by atoms with Gasteiger partial charge in [-0.1, -0.05) is 18.1 Å². The maximum Gasteiger partial charge on any atom is 0.486 e. The van der Waals surface area contributed by atoms with Crippen LogP contribution in [0.5, 0.6) is 0 Å². The van der Waals surface area contributed by atoms with Gasteiger partial charge in [-0.15, -0.1) is 0 Å². The summed E-state index contributed by atoms with van der Waals surface area (Å²) in [5.74, 6) is 0. The topological polar surface area (TPSA) is 49.4 Å². The predicted molar refractivity (Wildman–Crippen MR) is 115 cm³/mol. The largest absolute Gasteiger partial charge is 0.486 e. The van der Waals surface area contributed by atoms with Gasteiger partial charge in [-0.2, -0.15) is 0 Å². The van der Waals surface area contributed by atoms with Gasteiger partial charge in [0.15, 0.2) is 0 Å². The zero-order valence-electron chi connectivity index (χ0n) is 16.0. The van der Waals surface area contributed by atoms with E-state index >= 15 is 0 Å². The van der Waals surface area contributed by atoms with Crippen LogP contribution in [0, 0.1) is 0 Å². The number of nitrogens with zero attached hydrogens (tertiary/aromatic N) is 4. The first-order valence-corrected chi connectivity index (χ1v) is 20.9. The van der Waals surface area contributed by atoms with Crippen molar-refractivity contribution in [2.24, 2.45) is 18.1 Å². The van der Waals surface area contributed by atoms with Crippen molar-refractivity contribution >= 4 is 36.1 Å². The summed E-state index contributed by atoms with van der Waals surface area (Å²) in [6.45, 7) is 26.9. The lowest BCUT2D eigenvalue weighted by molar-refractivity contribution is 1.52. The summed E-state index contributed by atoms with van der Waals surface area (Å²) in [5, 5.41) is 0. The molecule has 0 aromatic carbocycles. The molecule has 4 nitrogen and oxygen atoms in total. The molecule has 9 heteroatoms. The lowest BCUT2D eigenvalue weighted by Gasteiger charge is -2.18. The lowest BCUT2D eigenvalue weighted by Crippen LogP contribution is -1.85. The van der Waals surface area contributed by atoms with Crippen molar-refractivity contribution in [3.05, 3.63) is 0 Å². The zero-order chi connectivity index (χ0) is 17.3. The Bertz CT molecular complexity index is 451. The molecule has 0 N–H and O–H groups in total. The monoisotopic (exact) mass is 391 g/mol. The Balaban J connectivity index is 6.87. The van der Waals surface area contributed by atoms with E-state index in [-0.39, 0.29) is 0 Å².